The molecular weight excluding hydrogens is 588 g/mol. The minimum Gasteiger partial charge on any atom is -0.494 e. The second-order valence-corrected chi connectivity index (χ2v) is 11.3. The van der Waals surface area contributed by atoms with E-state index in [1.54, 1.807) is 72.8 Å². The van der Waals surface area contributed by atoms with Gasteiger partial charge in [-0.25, -0.2) is 4.79 Å². The number of benzene rings is 3. The maximum atomic E-state index is 13.2. The van der Waals surface area contributed by atoms with Crippen molar-refractivity contribution in [1.82, 2.24) is 4.90 Å². The van der Waals surface area contributed by atoms with Crippen LogP contribution in [0.25, 0.3) is 0 Å². The Balaban J connectivity index is 1.29. The monoisotopic (exact) mass is 630 g/mol. The SMILES string of the molecule is CCCCCCCOc1ccc(C(=O)Oc2ccc(CN(CC(=O)O)C(=O)c3ccc(NC(=O)C4CCCCO4)cc3)cc2)cc1. The fraction of sp³-hybridized carbons (Fsp3) is 0.389. The average molecular weight is 631 g/mol. The van der Waals surface area contributed by atoms with Gasteiger partial charge in [0.25, 0.3) is 11.8 Å². The predicted molar refractivity (Wildman–Crippen MR) is 173 cm³/mol. The molecule has 0 spiro atoms. The van der Waals surface area contributed by atoms with Gasteiger partial charge >= 0.3 is 11.9 Å². The first-order chi connectivity index (χ1) is 22.3. The van der Waals surface area contributed by atoms with Crippen molar-refractivity contribution in [3.05, 3.63) is 89.5 Å². The molecule has 1 aliphatic heterocycles. The van der Waals surface area contributed by atoms with Crippen LogP contribution >= 0.6 is 0 Å². The van der Waals surface area contributed by atoms with E-state index in [0.717, 1.165) is 25.7 Å². The Morgan fingerprint density at radius 1 is 0.848 bits per heavy atom. The van der Waals surface area contributed by atoms with Crippen LogP contribution in [0.15, 0.2) is 72.8 Å². The number of hydrogen-bond donors (Lipinski definition) is 2. The zero-order valence-electron chi connectivity index (χ0n) is 26.2. The van der Waals surface area contributed by atoms with E-state index in [1.807, 2.05) is 0 Å². The number of nitrogens with zero attached hydrogens (tertiary/aromatic N) is 1. The van der Waals surface area contributed by atoms with E-state index >= 15 is 0 Å². The zero-order chi connectivity index (χ0) is 32.7. The van der Waals surface area contributed by atoms with Crippen LogP contribution in [-0.2, 0) is 20.9 Å². The molecule has 1 heterocycles. The lowest BCUT2D eigenvalue weighted by molar-refractivity contribution is -0.137. The summed E-state index contributed by atoms with van der Waals surface area (Å²) in [5, 5.41) is 12.3. The van der Waals surface area contributed by atoms with Crippen LogP contribution in [-0.4, -0.2) is 59.6 Å². The summed E-state index contributed by atoms with van der Waals surface area (Å²) in [6, 6.07) is 19.6. The Bertz CT molecular complexity index is 1430. The lowest BCUT2D eigenvalue weighted by Crippen LogP contribution is -2.35. The highest BCUT2D eigenvalue weighted by atomic mass is 16.5. The van der Waals surface area contributed by atoms with E-state index < -0.39 is 30.5 Å². The smallest absolute Gasteiger partial charge is 0.343 e. The summed E-state index contributed by atoms with van der Waals surface area (Å²) < 4.78 is 16.8. The van der Waals surface area contributed by atoms with Gasteiger partial charge in [0.15, 0.2) is 0 Å². The number of hydrogen-bond acceptors (Lipinski definition) is 7. The summed E-state index contributed by atoms with van der Waals surface area (Å²) in [7, 11) is 0. The van der Waals surface area contributed by atoms with Gasteiger partial charge in [0.1, 0.15) is 24.1 Å². The third kappa shape index (κ3) is 10.7. The average Bonchev–Trinajstić information content (AvgIpc) is 3.07. The number of carboxylic acids is 1. The van der Waals surface area contributed by atoms with Crippen LogP contribution in [0.4, 0.5) is 5.69 Å². The van der Waals surface area contributed by atoms with Gasteiger partial charge < -0.3 is 29.5 Å². The summed E-state index contributed by atoms with van der Waals surface area (Å²) in [4.78, 5) is 51.1. The first kappa shape index (κ1) is 34.2. The van der Waals surface area contributed by atoms with Crippen molar-refractivity contribution in [2.45, 2.75) is 70.9 Å². The summed E-state index contributed by atoms with van der Waals surface area (Å²) in [5.41, 5.74) is 1.83. The molecule has 1 fully saturated rings. The number of carboxylic acid groups (broad SMARTS) is 1. The van der Waals surface area contributed by atoms with E-state index in [9.17, 15) is 24.3 Å². The molecule has 4 rings (SSSR count). The maximum Gasteiger partial charge on any atom is 0.343 e. The fourth-order valence-corrected chi connectivity index (χ4v) is 5.04. The van der Waals surface area contributed by atoms with Crippen molar-refractivity contribution < 1.29 is 38.5 Å². The molecule has 2 amide bonds. The van der Waals surface area contributed by atoms with E-state index in [4.69, 9.17) is 14.2 Å². The second-order valence-electron chi connectivity index (χ2n) is 11.3. The predicted octanol–water partition coefficient (Wildman–Crippen LogP) is 6.49. The minimum atomic E-state index is -1.15. The minimum absolute atomic E-state index is 0.0247. The number of nitrogens with one attached hydrogen (secondary N) is 1. The summed E-state index contributed by atoms with van der Waals surface area (Å²) in [6.45, 7) is 2.89. The second kappa shape index (κ2) is 17.7. The van der Waals surface area contributed by atoms with Gasteiger partial charge in [0.05, 0.1) is 12.2 Å². The summed E-state index contributed by atoms with van der Waals surface area (Å²) >= 11 is 0. The molecule has 0 saturated carbocycles. The molecule has 10 nitrogen and oxygen atoms in total. The Kier molecular flexibility index (Phi) is 13.2. The van der Waals surface area contributed by atoms with Crippen LogP contribution in [0.1, 0.15) is 84.6 Å². The standard InChI is InChI=1S/C36H42N2O8/c1-2-3-4-5-7-22-44-30-20-14-28(15-21-30)36(43)46-31-18-10-26(11-19-31)24-38(25-33(39)40)35(42)27-12-16-29(17-13-27)37-34(41)32-9-6-8-23-45-32/h10-21,32H,2-9,22-25H2,1H3,(H,37,41)(H,39,40). The Labute approximate surface area is 269 Å². The normalized spacial score (nSPS) is 14.2. The first-order valence-corrected chi connectivity index (χ1v) is 15.9. The van der Waals surface area contributed by atoms with Crippen LogP contribution in [0, 0.1) is 0 Å². The Morgan fingerprint density at radius 3 is 2.17 bits per heavy atom. The summed E-state index contributed by atoms with van der Waals surface area (Å²) in [5.74, 6) is -1.37. The molecule has 0 aromatic heterocycles. The molecule has 46 heavy (non-hydrogen) atoms. The van der Waals surface area contributed by atoms with Crippen LogP contribution in [0.2, 0.25) is 0 Å². The van der Waals surface area contributed by atoms with Gasteiger partial charge in [-0.1, -0.05) is 44.7 Å². The quantitative estimate of drug-likeness (QED) is 0.104. The molecule has 3 aromatic carbocycles. The van der Waals surface area contributed by atoms with Crippen molar-refractivity contribution in [2.24, 2.45) is 0 Å². The largest absolute Gasteiger partial charge is 0.494 e. The zero-order valence-corrected chi connectivity index (χ0v) is 26.2. The van der Waals surface area contributed by atoms with Crippen LogP contribution < -0.4 is 14.8 Å². The topological polar surface area (TPSA) is 131 Å². The van der Waals surface area contributed by atoms with Gasteiger partial charge in [0, 0.05) is 24.4 Å². The Hall–Kier alpha value is -4.70. The number of ether oxygens (including phenoxy) is 3. The molecule has 0 bridgehead atoms. The Morgan fingerprint density at radius 2 is 1.52 bits per heavy atom. The number of amides is 2. The number of anilines is 1. The number of aliphatic carboxylic acids is 1. The van der Waals surface area contributed by atoms with Gasteiger partial charge in [-0.3, -0.25) is 14.4 Å². The van der Waals surface area contributed by atoms with Gasteiger partial charge in [-0.2, -0.15) is 0 Å². The highest BCUT2D eigenvalue weighted by molar-refractivity contribution is 5.98. The fourth-order valence-electron chi connectivity index (χ4n) is 5.04. The van der Waals surface area contributed by atoms with Crippen LogP contribution in [0.5, 0.6) is 11.5 Å². The van der Waals surface area contributed by atoms with E-state index in [-0.39, 0.29) is 18.0 Å². The highest BCUT2D eigenvalue weighted by Gasteiger charge is 2.23. The van der Waals surface area contributed by atoms with E-state index in [0.29, 0.717) is 47.9 Å². The molecule has 1 aliphatic rings. The third-order valence-corrected chi connectivity index (χ3v) is 7.60. The van der Waals surface area contributed by atoms with Crippen molar-refractivity contribution >= 4 is 29.4 Å². The van der Waals surface area contributed by atoms with Gasteiger partial charge in [-0.15, -0.1) is 0 Å². The molecule has 1 unspecified atom stereocenters. The molecule has 0 radical (unpaired) electrons. The van der Waals surface area contributed by atoms with Crippen molar-refractivity contribution in [3.63, 3.8) is 0 Å². The number of unbranched alkanes of at least 4 members (excludes halogenated alkanes) is 4. The molecule has 10 heteroatoms. The lowest BCUT2D eigenvalue weighted by Gasteiger charge is -2.22. The molecule has 0 aliphatic carbocycles. The van der Waals surface area contributed by atoms with Crippen LogP contribution in [0.3, 0.4) is 0 Å². The molecule has 1 atom stereocenters. The lowest BCUT2D eigenvalue weighted by atomic mass is 10.1. The van der Waals surface area contributed by atoms with Crippen molar-refractivity contribution in [2.75, 3.05) is 25.1 Å². The summed E-state index contributed by atoms with van der Waals surface area (Å²) in [6.07, 6.45) is 7.82. The van der Waals surface area contributed by atoms with E-state index in [2.05, 4.69) is 12.2 Å². The first-order valence-electron chi connectivity index (χ1n) is 15.9. The molecular formula is C36H42N2O8. The number of carbonyl (C=O) groups excluding carboxylic acids is 3. The molecule has 1 saturated heterocycles. The maximum absolute atomic E-state index is 13.2. The van der Waals surface area contributed by atoms with Crippen molar-refractivity contribution in [1.29, 1.82) is 0 Å². The number of carbonyl (C=O) groups is 4. The molecule has 2 N–H and O–H groups in total. The third-order valence-electron chi connectivity index (χ3n) is 7.60. The van der Waals surface area contributed by atoms with Gasteiger partial charge in [0.2, 0.25) is 0 Å². The number of esters is 1. The molecule has 244 valence electrons. The van der Waals surface area contributed by atoms with Crippen molar-refractivity contribution in [3.8, 4) is 11.5 Å². The van der Waals surface area contributed by atoms with Gasteiger partial charge in [-0.05, 0) is 91.9 Å². The molecule has 3 aromatic rings. The number of rotatable bonds is 16. The van der Waals surface area contributed by atoms with E-state index in [1.165, 1.54) is 24.2 Å². The highest BCUT2D eigenvalue weighted by Crippen LogP contribution is 2.20.